The molecule has 1 aromatic heterocycles. The number of imide groups is 1. The van der Waals surface area contributed by atoms with Crippen LogP contribution in [0.1, 0.15) is 49.9 Å². The predicted octanol–water partition coefficient (Wildman–Crippen LogP) is 1.59. The molecule has 116 valence electrons. The van der Waals surface area contributed by atoms with E-state index in [-0.39, 0.29) is 17.0 Å². The van der Waals surface area contributed by atoms with E-state index in [2.05, 4.69) is 4.98 Å². The lowest BCUT2D eigenvalue weighted by molar-refractivity contribution is -0.0596. The number of rotatable bonds is 2. The van der Waals surface area contributed by atoms with Gasteiger partial charge >= 0.3 is 5.97 Å². The molecule has 3 heterocycles. The third-order valence-electron chi connectivity index (χ3n) is 4.12. The Hall–Kier alpha value is -2.96. The van der Waals surface area contributed by atoms with E-state index in [1.807, 2.05) is 0 Å². The Morgan fingerprint density at radius 1 is 1.09 bits per heavy atom. The Morgan fingerprint density at radius 3 is 2.48 bits per heavy atom. The number of aromatic nitrogens is 2. The smallest absolute Gasteiger partial charge is 0.322 e. The van der Waals surface area contributed by atoms with Crippen LogP contribution in [0.2, 0.25) is 0 Å². The van der Waals surface area contributed by atoms with Gasteiger partial charge < -0.3 is 9.40 Å². The van der Waals surface area contributed by atoms with E-state index in [1.54, 1.807) is 22.9 Å². The molecule has 2 aliphatic heterocycles. The zero-order valence-electron chi connectivity index (χ0n) is 12.2. The number of carbonyl (C=O) groups is 3. The minimum atomic E-state index is -0.798. The molecule has 0 bridgehead atoms. The van der Waals surface area contributed by atoms with E-state index in [4.69, 9.17) is 4.84 Å². The minimum Gasteiger partial charge on any atom is -0.322 e. The molecule has 0 saturated carbocycles. The van der Waals surface area contributed by atoms with Gasteiger partial charge in [0, 0.05) is 18.4 Å². The van der Waals surface area contributed by atoms with Crippen molar-refractivity contribution in [1.29, 1.82) is 0 Å². The Morgan fingerprint density at radius 2 is 1.78 bits per heavy atom. The van der Waals surface area contributed by atoms with Crippen molar-refractivity contribution < 1.29 is 19.2 Å². The summed E-state index contributed by atoms with van der Waals surface area (Å²) in [7, 11) is 0. The van der Waals surface area contributed by atoms with Gasteiger partial charge in [0.1, 0.15) is 0 Å². The first kappa shape index (κ1) is 13.7. The summed E-state index contributed by atoms with van der Waals surface area (Å²) >= 11 is 0. The fraction of sp³-hybridized carbons (Fsp3) is 0.250. The standard InChI is InChI=1S/C16H13N3O4/c20-14-11-6-1-2-7-12(11)15(21)19(14)23-16(22)13-17-9-10-5-3-4-8-18(10)13/h1-2,6-7,9H,3-5,8H2. The van der Waals surface area contributed by atoms with Crippen LogP contribution in [0.3, 0.4) is 0 Å². The number of imidazole rings is 1. The molecule has 0 unspecified atom stereocenters. The fourth-order valence-electron chi connectivity index (χ4n) is 2.97. The van der Waals surface area contributed by atoms with Crippen LogP contribution in [0.5, 0.6) is 0 Å². The molecule has 0 fully saturated rings. The van der Waals surface area contributed by atoms with Gasteiger partial charge in [-0.25, -0.2) is 9.78 Å². The van der Waals surface area contributed by atoms with Gasteiger partial charge in [-0.1, -0.05) is 17.2 Å². The highest BCUT2D eigenvalue weighted by molar-refractivity contribution is 6.21. The number of carbonyl (C=O) groups excluding carboxylic acids is 3. The zero-order chi connectivity index (χ0) is 16.0. The van der Waals surface area contributed by atoms with Crippen molar-refractivity contribution in [2.45, 2.75) is 25.8 Å². The highest BCUT2D eigenvalue weighted by Gasteiger charge is 2.39. The summed E-state index contributed by atoms with van der Waals surface area (Å²) in [6.07, 6.45) is 4.50. The van der Waals surface area contributed by atoms with Gasteiger partial charge in [-0.05, 0) is 31.4 Å². The SMILES string of the molecule is O=C(ON1C(=O)c2ccccc2C1=O)c1ncc2n1CCCC2. The second-order valence-corrected chi connectivity index (χ2v) is 5.51. The number of hydrogen-bond acceptors (Lipinski definition) is 5. The molecule has 4 rings (SSSR count). The Labute approximate surface area is 131 Å². The molecule has 7 nitrogen and oxygen atoms in total. The van der Waals surface area contributed by atoms with Crippen molar-refractivity contribution in [3.63, 3.8) is 0 Å². The molecule has 2 aromatic rings. The number of hydroxylamine groups is 2. The number of benzene rings is 1. The Balaban J connectivity index is 1.60. The van der Waals surface area contributed by atoms with E-state index < -0.39 is 17.8 Å². The number of amides is 2. The lowest BCUT2D eigenvalue weighted by atomic mass is 10.1. The van der Waals surface area contributed by atoms with Crippen molar-refractivity contribution in [2.24, 2.45) is 0 Å². The first-order chi connectivity index (χ1) is 11.2. The van der Waals surface area contributed by atoms with Crippen LogP contribution in [0.15, 0.2) is 30.5 Å². The van der Waals surface area contributed by atoms with Crippen molar-refractivity contribution in [1.82, 2.24) is 14.6 Å². The monoisotopic (exact) mass is 311 g/mol. The lowest BCUT2D eigenvalue weighted by Crippen LogP contribution is -2.33. The molecule has 0 saturated heterocycles. The topological polar surface area (TPSA) is 81.5 Å². The number of hydrogen-bond donors (Lipinski definition) is 0. The van der Waals surface area contributed by atoms with Crippen LogP contribution in [-0.2, 0) is 17.8 Å². The number of nitrogens with zero attached hydrogens (tertiary/aromatic N) is 3. The molecule has 0 aliphatic carbocycles. The molecule has 2 aliphatic rings. The van der Waals surface area contributed by atoms with E-state index in [0.717, 1.165) is 25.0 Å². The summed E-state index contributed by atoms with van der Waals surface area (Å²) in [5.41, 5.74) is 1.43. The van der Waals surface area contributed by atoms with Crippen molar-refractivity contribution in [3.8, 4) is 0 Å². The molecule has 7 heteroatoms. The van der Waals surface area contributed by atoms with E-state index in [1.165, 1.54) is 12.1 Å². The Kier molecular flexibility index (Phi) is 3.00. The molecule has 23 heavy (non-hydrogen) atoms. The van der Waals surface area contributed by atoms with Gasteiger partial charge in [-0.15, -0.1) is 0 Å². The zero-order valence-corrected chi connectivity index (χ0v) is 12.2. The summed E-state index contributed by atoms with van der Waals surface area (Å²) in [5, 5.41) is 0.511. The number of fused-ring (bicyclic) bond motifs is 2. The van der Waals surface area contributed by atoms with Crippen molar-refractivity contribution in [2.75, 3.05) is 0 Å². The third kappa shape index (κ3) is 2.04. The summed E-state index contributed by atoms with van der Waals surface area (Å²) < 4.78 is 1.78. The van der Waals surface area contributed by atoms with Crippen LogP contribution in [-0.4, -0.2) is 32.4 Å². The van der Waals surface area contributed by atoms with E-state index in [0.29, 0.717) is 11.6 Å². The second-order valence-electron chi connectivity index (χ2n) is 5.51. The predicted molar refractivity (Wildman–Crippen MR) is 77.5 cm³/mol. The van der Waals surface area contributed by atoms with Crippen molar-refractivity contribution in [3.05, 3.63) is 53.1 Å². The molecule has 2 amide bonds. The van der Waals surface area contributed by atoms with E-state index in [9.17, 15) is 14.4 Å². The summed E-state index contributed by atoms with van der Waals surface area (Å²) in [6, 6.07) is 6.36. The van der Waals surface area contributed by atoms with Crippen LogP contribution in [0.4, 0.5) is 0 Å². The average molecular weight is 311 g/mol. The summed E-state index contributed by atoms with van der Waals surface area (Å²) in [4.78, 5) is 45.8. The van der Waals surface area contributed by atoms with Gasteiger partial charge in [0.05, 0.1) is 11.1 Å². The van der Waals surface area contributed by atoms with Crippen LogP contribution < -0.4 is 0 Å². The molecular formula is C16H13N3O4. The molecular weight excluding hydrogens is 298 g/mol. The first-order valence-electron chi connectivity index (χ1n) is 7.41. The minimum absolute atomic E-state index is 0.122. The summed E-state index contributed by atoms with van der Waals surface area (Å²) in [6.45, 7) is 0.682. The van der Waals surface area contributed by atoms with Gasteiger partial charge in [0.25, 0.3) is 11.8 Å². The van der Waals surface area contributed by atoms with Gasteiger partial charge in [-0.3, -0.25) is 9.59 Å². The lowest BCUT2D eigenvalue weighted by Gasteiger charge is -2.17. The highest BCUT2D eigenvalue weighted by Crippen LogP contribution is 2.24. The molecule has 0 atom stereocenters. The van der Waals surface area contributed by atoms with Crippen LogP contribution in [0.25, 0.3) is 0 Å². The van der Waals surface area contributed by atoms with Gasteiger partial charge in [0.2, 0.25) is 5.82 Å². The maximum atomic E-state index is 12.3. The molecule has 1 aromatic carbocycles. The van der Waals surface area contributed by atoms with Crippen LogP contribution >= 0.6 is 0 Å². The summed E-state index contributed by atoms with van der Waals surface area (Å²) in [5.74, 6) is -1.95. The van der Waals surface area contributed by atoms with E-state index >= 15 is 0 Å². The maximum Gasteiger partial charge on any atom is 0.399 e. The Bertz CT molecular complexity index is 805. The highest BCUT2D eigenvalue weighted by atomic mass is 16.7. The van der Waals surface area contributed by atoms with Crippen LogP contribution in [0, 0.1) is 0 Å². The maximum absolute atomic E-state index is 12.3. The average Bonchev–Trinajstić information content (AvgIpc) is 3.11. The normalized spacial score (nSPS) is 16.3. The quantitative estimate of drug-likeness (QED) is 0.787. The third-order valence-corrected chi connectivity index (χ3v) is 4.12. The molecule has 0 spiro atoms. The molecule has 0 radical (unpaired) electrons. The molecule has 0 N–H and O–H groups in total. The number of aryl methyl sites for hydroxylation is 1. The fourth-order valence-corrected chi connectivity index (χ4v) is 2.97. The first-order valence-corrected chi connectivity index (χ1v) is 7.41. The second kappa shape index (κ2) is 5.05. The van der Waals surface area contributed by atoms with Gasteiger partial charge in [-0.2, -0.15) is 0 Å². The van der Waals surface area contributed by atoms with Crippen molar-refractivity contribution >= 4 is 17.8 Å². The van der Waals surface area contributed by atoms with Gasteiger partial charge in [0.15, 0.2) is 0 Å². The largest absolute Gasteiger partial charge is 0.399 e.